The van der Waals surface area contributed by atoms with Crippen molar-refractivity contribution in [2.75, 3.05) is 26.8 Å². The molecule has 0 radical (unpaired) electrons. The number of ether oxygens (including phenoxy) is 2. The van der Waals surface area contributed by atoms with Crippen molar-refractivity contribution in [3.8, 4) is 16.9 Å². The molecule has 0 unspecified atom stereocenters. The minimum absolute atomic E-state index is 0.112. The van der Waals surface area contributed by atoms with Crippen LogP contribution in [0.3, 0.4) is 0 Å². The lowest BCUT2D eigenvalue weighted by Crippen LogP contribution is -2.49. The molecule has 1 aliphatic rings. The van der Waals surface area contributed by atoms with Crippen LogP contribution in [0.5, 0.6) is 5.75 Å². The number of methoxy groups -OCH3 is 1. The molecule has 6 nitrogen and oxygen atoms in total. The van der Waals surface area contributed by atoms with Crippen LogP contribution >= 0.6 is 0 Å². The summed E-state index contributed by atoms with van der Waals surface area (Å²) in [4.78, 5) is 23.9. The van der Waals surface area contributed by atoms with Gasteiger partial charge in [-0.15, -0.1) is 0 Å². The number of para-hydroxylation sites is 1. The Morgan fingerprint density at radius 2 is 1.90 bits per heavy atom. The van der Waals surface area contributed by atoms with Crippen LogP contribution < -0.4 is 15.4 Å². The molecule has 154 valence electrons. The van der Waals surface area contributed by atoms with Crippen molar-refractivity contribution in [3.63, 3.8) is 0 Å². The third kappa shape index (κ3) is 5.15. The van der Waals surface area contributed by atoms with Gasteiger partial charge in [0.1, 0.15) is 5.75 Å². The second-order valence-corrected chi connectivity index (χ2v) is 7.26. The number of benzene rings is 2. The van der Waals surface area contributed by atoms with Gasteiger partial charge in [0.2, 0.25) is 5.91 Å². The molecular formula is C23H28N2O4. The van der Waals surface area contributed by atoms with Crippen molar-refractivity contribution >= 4 is 11.8 Å². The number of hydrogen-bond acceptors (Lipinski definition) is 4. The van der Waals surface area contributed by atoms with E-state index in [-0.39, 0.29) is 11.8 Å². The largest absolute Gasteiger partial charge is 0.496 e. The molecule has 2 aromatic rings. The Bertz CT molecular complexity index is 859. The molecule has 29 heavy (non-hydrogen) atoms. The monoisotopic (exact) mass is 396 g/mol. The smallest absolute Gasteiger partial charge is 0.252 e. The fourth-order valence-electron chi connectivity index (χ4n) is 3.73. The Hall–Kier alpha value is -2.86. The van der Waals surface area contributed by atoms with Gasteiger partial charge >= 0.3 is 0 Å². The second kappa shape index (κ2) is 9.56. The highest BCUT2D eigenvalue weighted by atomic mass is 16.5. The van der Waals surface area contributed by atoms with E-state index in [4.69, 9.17) is 9.47 Å². The molecule has 1 heterocycles. The van der Waals surface area contributed by atoms with Gasteiger partial charge in [0.25, 0.3) is 5.91 Å². The van der Waals surface area contributed by atoms with Crippen LogP contribution in [-0.2, 0) is 20.7 Å². The standard InChI is InChI=1S/C23H28N2O4/c1-17(26)24-12-13-25-22(27)23(11-6-14-29-23)16-18-7-5-8-19(15-18)20-9-3-4-10-21(20)28-2/h3-5,7-10,15H,6,11-14,16H2,1-2H3,(H,24,26)(H,25,27)/t23-/m1/s1. The molecule has 1 aliphatic heterocycles. The lowest BCUT2D eigenvalue weighted by atomic mass is 9.89. The maximum Gasteiger partial charge on any atom is 0.252 e. The fraction of sp³-hybridized carbons (Fsp3) is 0.391. The van der Waals surface area contributed by atoms with E-state index in [2.05, 4.69) is 16.7 Å². The number of carbonyl (C=O) groups excluding carboxylic acids is 2. The van der Waals surface area contributed by atoms with Crippen molar-refractivity contribution < 1.29 is 19.1 Å². The van der Waals surface area contributed by atoms with Crippen LogP contribution in [0.4, 0.5) is 0 Å². The van der Waals surface area contributed by atoms with E-state index in [0.29, 0.717) is 32.5 Å². The first-order chi connectivity index (χ1) is 14.0. The molecule has 2 N–H and O–H groups in total. The van der Waals surface area contributed by atoms with Gasteiger partial charge in [0, 0.05) is 38.6 Å². The summed E-state index contributed by atoms with van der Waals surface area (Å²) in [5.41, 5.74) is 2.22. The maximum absolute atomic E-state index is 12.9. The van der Waals surface area contributed by atoms with E-state index < -0.39 is 5.60 Å². The zero-order valence-corrected chi connectivity index (χ0v) is 17.0. The molecule has 1 fully saturated rings. The van der Waals surface area contributed by atoms with E-state index in [0.717, 1.165) is 28.9 Å². The Balaban J connectivity index is 1.75. The fourth-order valence-corrected chi connectivity index (χ4v) is 3.73. The highest BCUT2D eigenvalue weighted by molar-refractivity contribution is 5.86. The van der Waals surface area contributed by atoms with Crippen molar-refractivity contribution in [1.82, 2.24) is 10.6 Å². The number of nitrogens with one attached hydrogen (secondary N) is 2. The van der Waals surface area contributed by atoms with Crippen LogP contribution in [-0.4, -0.2) is 44.2 Å². The minimum atomic E-state index is -0.865. The third-order valence-corrected chi connectivity index (χ3v) is 5.14. The minimum Gasteiger partial charge on any atom is -0.496 e. The zero-order valence-electron chi connectivity index (χ0n) is 17.0. The van der Waals surface area contributed by atoms with Gasteiger partial charge in [-0.2, -0.15) is 0 Å². The van der Waals surface area contributed by atoms with Gasteiger partial charge in [-0.1, -0.05) is 42.5 Å². The first-order valence-corrected chi connectivity index (χ1v) is 9.93. The van der Waals surface area contributed by atoms with Crippen LogP contribution in [0.15, 0.2) is 48.5 Å². The molecule has 0 spiro atoms. The first kappa shape index (κ1) is 20.9. The maximum atomic E-state index is 12.9. The Morgan fingerprint density at radius 1 is 1.10 bits per heavy atom. The topological polar surface area (TPSA) is 76.7 Å². The SMILES string of the molecule is COc1ccccc1-c1cccc(C[C@@]2(C(=O)NCCNC(C)=O)CCCO2)c1. The van der Waals surface area contributed by atoms with Crippen LogP contribution in [0.2, 0.25) is 0 Å². The van der Waals surface area contributed by atoms with Gasteiger partial charge in [-0.3, -0.25) is 9.59 Å². The lowest BCUT2D eigenvalue weighted by molar-refractivity contribution is -0.141. The summed E-state index contributed by atoms with van der Waals surface area (Å²) in [6.07, 6.45) is 2.03. The quantitative estimate of drug-likeness (QED) is 0.673. The lowest BCUT2D eigenvalue weighted by Gasteiger charge is -2.27. The molecule has 6 heteroatoms. The van der Waals surface area contributed by atoms with E-state index >= 15 is 0 Å². The zero-order chi connectivity index (χ0) is 20.7. The van der Waals surface area contributed by atoms with Gasteiger partial charge < -0.3 is 20.1 Å². The van der Waals surface area contributed by atoms with E-state index in [9.17, 15) is 9.59 Å². The summed E-state index contributed by atoms with van der Waals surface area (Å²) in [5, 5.41) is 5.59. The van der Waals surface area contributed by atoms with Crippen LogP contribution in [0.25, 0.3) is 11.1 Å². The third-order valence-electron chi connectivity index (χ3n) is 5.14. The molecule has 2 amide bonds. The van der Waals surface area contributed by atoms with Crippen molar-refractivity contribution in [2.24, 2.45) is 0 Å². The van der Waals surface area contributed by atoms with Gasteiger partial charge in [0.15, 0.2) is 5.60 Å². The summed E-state index contributed by atoms with van der Waals surface area (Å²) in [6, 6.07) is 16.0. The van der Waals surface area contributed by atoms with E-state index in [1.807, 2.05) is 42.5 Å². The summed E-state index contributed by atoms with van der Waals surface area (Å²) in [5.74, 6) is 0.578. The average molecular weight is 396 g/mol. The number of hydrogen-bond donors (Lipinski definition) is 2. The highest BCUT2D eigenvalue weighted by Crippen LogP contribution is 2.33. The Morgan fingerprint density at radius 3 is 2.62 bits per heavy atom. The molecule has 0 saturated carbocycles. The number of amides is 2. The molecule has 2 aromatic carbocycles. The predicted molar refractivity (Wildman–Crippen MR) is 112 cm³/mol. The van der Waals surface area contributed by atoms with E-state index in [1.165, 1.54) is 6.92 Å². The molecule has 0 aliphatic carbocycles. The normalized spacial score (nSPS) is 18.3. The Labute approximate surface area is 171 Å². The number of carbonyl (C=O) groups is 2. The van der Waals surface area contributed by atoms with Gasteiger partial charge in [-0.05, 0) is 30.0 Å². The van der Waals surface area contributed by atoms with Crippen molar-refractivity contribution in [2.45, 2.75) is 31.8 Å². The molecule has 0 bridgehead atoms. The molecule has 1 saturated heterocycles. The molecule has 0 aromatic heterocycles. The number of rotatable bonds is 8. The summed E-state index contributed by atoms with van der Waals surface area (Å²) in [6.45, 7) is 2.81. The van der Waals surface area contributed by atoms with Crippen LogP contribution in [0, 0.1) is 0 Å². The molecule has 3 rings (SSSR count). The van der Waals surface area contributed by atoms with Gasteiger partial charge in [0.05, 0.1) is 7.11 Å². The van der Waals surface area contributed by atoms with Crippen molar-refractivity contribution in [3.05, 3.63) is 54.1 Å². The summed E-state index contributed by atoms with van der Waals surface area (Å²) in [7, 11) is 1.66. The van der Waals surface area contributed by atoms with E-state index in [1.54, 1.807) is 7.11 Å². The second-order valence-electron chi connectivity index (χ2n) is 7.26. The summed E-state index contributed by atoms with van der Waals surface area (Å²) < 4.78 is 11.4. The first-order valence-electron chi connectivity index (χ1n) is 9.93. The average Bonchev–Trinajstić information content (AvgIpc) is 3.20. The Kier molecular flexibility index (Phi) is 6.88. The van der Waals surface area contributed by atoms with Gasteiger partial charge in [-0.25, -0.2) is 0 Å². The molecular weight excluding hydrogens is 368 g/mol. The highest BCUT2D eigenvalue weighted by Gasteiger charge is 2.42. The molecule has 1 atom stereocenters. The predicted octanol–water partition coefficient (Wildman–Crippen LogP) is 2.71. The van der Waals surface area contributed by atoms with Crippen LogP contribution in [0.1, 0.15) is 25.3 Å². The summed E-state index contributed by atoms with van der Waals surface area (Å²) >= 11 is 0. The van der Waals surface area contributed by atoms with Crippen molar-refractivity contribution in [1.29, 1.82) is 0 Å².